The summed E-state index contributed by atoms with van der Waals surface area (Å²) in [6.45, 7) is 20.3. The van der Waals surface area contributed by atoms with Gasteiger partial charge in [-0.1, -0.05) is 6.07 Å². The summed E-state index contributed by atoms with van der Waals surface area (Å²) in [5, 5.41) is 38.0. The van der Waals surface area contributed by atoms with Crippen molar-refractivity contribution in [3.05, 3.63) is 69.7 Å². The smallest absolute Gasteiger partial charge is 0.490 e. The Morgan fingerprint density at radius 3 is 1.61 bits per heavy atom. The predicted molar refractivity (Wildman–Crippen MR) is 359 cm³/mol. The summed E-state index contributed by atoms with van der Waals surface area (Å²) in [6, 6.07) is 8.59. The van der Waals surface area contributed by atoms with E-state index in [0.717, 1.165) is 151 Å². The van der Waals surface area contributed by atoms with Crippen molar-refractivity contribution in [1.82, 2.24) is 20.3 Å². The lowest BCUT2D eigenvalue weighted by atomic mass is 9.75. The van der Waals surface area contributed by atoms with E-state index in [2.05, 4.69) is 127 Å². The van der Waals surface area contributed by atoms with Crippen LogP contribution in [0.2, 0.25) is 0 Å². The minimum absolute atomic E-state index is 0. The summed E-state index contributed by atoms with van der Waals surface area (Å²) >= 11 is 24.6. The standard InChI is InChI=1S/C22H32BNO4.C22H27N3O3S.C7H8BrNOS.C3HBr2NS.C3H7NO.C2H4Cl2.ClH/c1-14-10-11-17-19(24(14)15(2)25)13-12-18(20(17)26-16-8-7-9-16)23-27-21(3,4)22(5,6)28-23;1-13-6-7-18-20(25(13)14(2)26)9-8-17(21(18)28-16-4-3-5-16)19-12-29-22(23-19)24-10-15(27)11-24;8-6-3-11-7(9-6)4-1-5(10)2-4;4-2-1-7-3(5)6-2;5-3-1-4-2-3;1-2(3)4;/h12-14,16H,7-11H2,1-6H3;8-9,12-13,15-16,27H,3-7,10-11H2,1-2H3;3-5,10H,1-2H2;1H;3-5H,1-2H2;2H,1H3;1H/t14-;13-;;;;;/m00...../s1. The molecule has 6 fully saturated rings. The zero-order valence-corrected chi connectivity index (χ0v) is 59.2. The Morgan fingerprint density at radius 2 is 1.21 bits per heavy atom. The van der Waals surface area contributed by atoms with Crippen molar-refractivity contribution < 1.29 is 43.7 Å². The van der Waals surface area contributed by atoms with Crippen LogP contribution in [0.1, 0.15) is 149 Å². The molecule has 13 rings (SSSR count). The maximum absolute atomic E-state index is 12.3. The minimum atomic E-state index is -0.462. The third kappa shape index (κ3) is 18.1. The van der Waals surface area contributed by atoms with E-state index in [1.807, 2.05) is 32.7 Å². The van der Waals surface area contributed by atoms with Gasteiger partial charge in [-0.25, -0.2) is 15.0 Å². The molecule has 3 aromatic heterocycles. The van der Waals surface area contributed by atoms with E-state index in [9.17, 15) is 14.7 Å². The zero-order chi connectivity index (χ0) is 60.8. The lowest BCUT2D eigenvalue weighted by molar-refractivity contribution is -0.117. The van der Waals surface area contributed by atoms with Crippen molar-refractivity contribution in [3.63, 3.8) is 0 Å². The van der Waals surface area contributed by atoms with Crippen LogP contribution in [0.15, 0.2) is 53.5 Å². The van der Waals surface area contributed by atoms with Crippen LogP contribution in [-0.4, -0.2) is 134 Å². The highest BCUT2D eigenvalue weighted by atomic mass is 79.9. The Balaban J connectivity index is 0.000000169. The third-order valence-corrected chi connectivity index (χ3v) is 21.1. The van der Waals surface area contributed by atoms with Gasteiger partial charge in [0.15, 0.2) is 9.05 Å². The normalized spacial score (nSPS) is 22.7. The Labute approximate surface area is 554 Å². The third-order valence-electron chi connectivity index (χ3n) is 16.5. The van der Waals surface area contributed by atoms with Gasteiger partial charge in [0, 0.05) is 96.3 Å². The number of carbonyl (C=O) groups is 2. The first-order valence-electron chi connectivity index (χ1n) is 29.0. The highest BCUT2D eigenvalue weighted by Gasteiger charge is 2.53. The van der Waals surface area contributed by atoms with E-state index in [1.165, 1.54) is 12.8 Å². The molecule has 0 spiro atoms. The predicted octanol–water partition coefficient (Wildman–Crippen LogP) is 13.2. The number of anilines is 3. The molecule has 0 unspecified atom stereocenters. The maximum atomic E-state index is 12.3. The van der Waals surface area contributed by atoms with Crippen molar-refractivity contribution in [2.24, 2.45) is 0 Å². The maximum Gasteiger partial charge on any atom is 0.498 e. The van der Waals surface area contributed by atoms with E-state index in [-0.39, 0.29) is 71.7 Å². The molecule has 2 atom stereocenters. The molecule has 468 valence electrons. The van der Waals surface area contributed by atoms with Gasteiger partial charge in [-0.2, -0.15) is 0 Å². The molecule has 8 heterocycles. The molecular formula is C59H80BBr3Cl3N7O9S3. The Hall–Kier alpha value is -2.20. The summed E-state index contributed by atoms with van der Waals surface area (Å²) in [5.41, 5.74) is 6.28. The Bertz CT molecular complexity index is 2980. The molecule has 4 N–H and O–H groups in total. The second kappa shape index (κ2) is 31.2. The van der Waals surface area contributed by atoms with Crippen molar-refractivity contribution in [1.29, 1.82) is 0 Å². The number of β-amino-alcohol motifs (C(OH)–C–C–N with tert-alkyl or cyclic N) is 2. The number of hydrogen-bond donors (Lipinski definition) is 4. The largest absolute Gasteiger partial charge is 0.498 e. The zero-order valence-electron chi connectivity index (χ0n) is 49.6. The first kappa shape index (κ1) is 70.3. The molecule has 16 nitrogen and oxygen atoms in total. The molecule has 2 aromatic carbocycles. The number of aromatic nitrogens is 3. The topological polar surface area (TPSA) is 192 Å². The molecule has 8 aliphatic rings. The highest BCUT2D eigenvalue weighted by molar-refractivity contribution is 9.11. The molecule has 2 amide bonds. The lowest BCUT2D eigenvalue weighted by Crippen LogP contribution is -2.50. The second-order valence-electron chi connectivity index (χ2n) is 23.6. The van der Waals surface area contributed by atoms with Crippen molar-refractivity contribution >= 4 is 158 Å². The number of amides is 2. The molecule has 5 aliphatic heterocycles. The van der Waals surface area contributed by atoms with Crippen LogP contribution in [0.5, 0.6) is 11.5 Å². The fourth-order valence-electron chi connectivity index (χ4n) is 10.4. The van der Waals surface area contributed by atoms with Gasteiger partial charge in [-0.05, 0) is 192 Å². The number of alkyl halides is 2. The van der Waals surface area contributed by atoms with Gasteiger partial charge in [0.2, 0.25) is 11.8 Å². The fourth-order valence-corrected chi connectivity index (χ4v) is 14.3. The summed E-state index contributed by atoms with van der Waals surface area (Å²) in [7, 11) is -0.462. The summed E-state index contributed by atoms with van der Waals surface area (Å²) in [6.07, 6.45) is 12.3. The van der Waals surface area contributed by atoms with Crippen LogP contribution in [-0.2, 0) is 31.7 Å². The van der Waals surface area contributed by atoms with Crippen LogP contribution in [0.4, 0.5) is 16.5 Å². The molecular weight excluding hydrogens is 1400 g/mol. The number of fused-ring (bicyclic) bond motifs is 2. The molecule has 5 aromatic rings. The number of aliphatic hydroxyl groups excluding tert-OH is 3. The Kier molecular flexibility index (Phi) is 25.8. The van der Waals surface area contributed by atoms with Gasteiger partial charge < -0.3 is 54.1 Å². The monoisotopic (exact) mass is 1480 g/mol. The van der Waals surface area contributed by atoms with Crippen LogP contribution < -0.4 is 35.0 Å². The van der Waals surface area contributed by atoms with Gasteiger partial charge in [-0.3, -0.25) is 9.59 Å². The SMILES string of the molecule is Brc1csc(Br)n1.CC(=O)N1c2ccc(-c3csc(N4CC(O)C4)n3)c(OC3CCC3)c2CC[C@@H]1C.CC(=O)N1c2ccc(B3OC(C)(C)C(C)(C)O3)c(OC3CCC3)c2CC[C@@H]1C.CC(Cl)Cl.Cl.OC1CC(c2nc(Br)cs2)C1.OC1CNC1. The van der Waals surface area contributed by atoms with E-state index >= 15 is 0 Å². The molecule has 0 bridgehead atoms. The number of aliphatic hydroxyl groups is 3. The van der Waals surface area contributed by atoms with Gasteiger partial charge >= 0.3 is 7.12 Å². The number of nitrogens with zero attached hydrogens (tertiary/aromatic N) is 6. The minimum Gasteiger partial charge on any atom is -0.490 e. The lowest BCUT2D eigenvalue weighted by Gasteiger charge is -2.37. The van der Waals surface area contributed by atoms with Crippen LogP contribution in [0, 0.1) is 0 Å². The second-order valence-corrected chi connectivity index (χ2v) is 30.6. The van der Waals surface area contributed by atoms with Gasteiger partial charge in [0.25, 0.3) is 0 Å². The van der Waals surface area contributed by atoms with Crippen LogP contribution in [0.3, 0.4) is 0 Å². The molecule has 0 radical (unpaired) electrons. The average Bonchev–Trinajstić information content (AvgIpc) is 2.50. The number of hydrogen-bond acceptors (Lipinski definition) is 17. The number of benzene rings is 2. The molecule has 85 heavy (non-hydrogen) atoms. The van der Waals surface area contributed by atoms with Crippen LogP contribution >= 0.6 is 117 Å². The number of thiazole rings is 3. The molecule has 3 aliphatic carbocycles. The number of nitrogens with one attached hydrogen (secondary N) is 1. The van der Waals surface area contributed by atoms with Crippen molar-refractivity contribution in [3.8, 4) is 22.8 Å². The number of carbonyl (C=O) groups excluding carboxylic acids is 2. The number of rotatable bonds is 8. The first-order valence-corrected chi connectivity index (χ1v) is 34.9. The van der Waals surface area contributed by atoms with E-state index in [1.54, 1.807) is 54.8 Å². The van der Waals surface area contributed by atoms with E-state index in [0.29, 0.717) is 19.0 Å². The summed E-state index contributed by atoms with van der Waals surface area (Å²) in [5.74, 6) is 2.45. The molecule has 3 saturated carbocycles. The number of halogens is 6. The summed E-state index contributed by atoms with van der Waals surface area (Å²) in [4.78, 5) is 43.4. The van der Waals surface area contributed by atoms with E-state index in [4.69, 9.17) is 57.2 Å². The van der Waals surface area contributed by atoms with E-state index < -0.39 is 18.3 Å². The molecule has 26 heteroatoms. The number of ether oxygens (including phenoxy) is 2. The van der Waals surface area contributed by atoms with Gasteiger partial charge in [-0.15, -0.1) is 69.6 Å². The van der Waals surface area contributed by atoms with Crippen molar-refractivity contribution in [2.75, 3.05) is 40.9 Å². The average molecular weight is 1480 g/mol. The Morgan fingerprint density at radius 1 is 0.718 bits per heavy atom. The first-order chi connectivity index (χ1) is 39.8. The van der Waals surface area contributed by atoms with Gasteiger partial charge in [0.05, 0.1) is 63.8 Å². The quantitative estimate of drug-likeness (QED) is 0.0847. The van der Waals surface area contributed by atoms with Gasteiger partial charge in [0.1, 0.15) is 25.5 Å². The van der Waals surface area contributed by atoms with Crippen molar-refractivity contribution in [2.45, 2.75) is 204 Å². The fraction of sp³-hybridized carbons (Fsp3) is 0.610. The summed E-state index contributed by atoms with van der Waals surface area (Å²) < 4.78 is 28.4. The highest BCUT2D eigenvalue weighted by Crippen LogP contribution is 2.47. The van der Waals surface area contributed by atoms with Crippen LogP contribution in [0.25, 0.3) is 11.3 Å². The molecule has 3 saturated heterocycles.